The smallest absolute Gasteiger partial charge is 0.230 e. The molecule has 1 aromatic heterocycles. The van der Waals surface area contributed by atoms with Crippen LogP contribution in [0.3, 0.4) is 0 Å². The number of aryl methyl sites for hydroxylation is 1. The van der Waals surface area contributed by atoms with Gasteiger partial charge in [0.1, 0.15) is 5.82 Å². The van der Waals surface area contributed by atoms with E-state index in [0.717, 1.165) is 73.7 Å². The van der Waals surface area contributed by atoms with E-state index >= 15 is 0 Å². The van der Waals surface area contributed by atoms with E-state index in [9.17, 15) is 4.79 Å². The Morgan fingerprint density at radius 1 is 1.12 bits per heavy atom. The Bertz CT molecular complexity index is 1100. The number of fused-ring (bicyclic) bond motifs is 3. The molecule has 3 heterocycles. The maximum Gasteiger partial charge on any atom is 0.230 e. The summed E-state index contributed by atoms with van der Waals surface area (Å²) in [5.74, 6) is 1.27. The quantitative estimate of drug-likeness (QED) is 0.574. The highest BCUT2D eigenvalue weighted by molar-refractivity contribution is 6.31. The first-order chi connectivity index (χ1) is 15.6. The molecule has 0 bridgehead atoms. The number of hydrogen-bond acceptors (Lipinski definition) is 3. The third-order valence-corrected chi connectivity index (χ3v) is 6.87. The highest BCUT2D eigenvalue weighted by Gasteiger charge is 2.33. The van der Waals surface area contributed by atoms with Gasteiger partial charge >= 0.3 is 0 Å². The fourth-order valence-corrected chi connectivity index (χ4v) is 5.15. The zero-order chi connectivity index (χ0) is 22.1. The zero-order valence-corrected chi connectivity index (χ0v) is 19.2. The summed E-state index contributed by atoms with van der Waals surface area (Å²) in [4.78, 5) is 26.4. The van der Waals surface area contributed by atoms with Gasteiger partial charge in [0.2, 0.25) is 5.91 Å². The molecule has 3 aromatic rings. The van der Waals surface area contributed by atoms with Crippen molar-refractivity contribution in [2.24, 2.45) is 5.92 Å². The largest absolute Gasteiger partial charge is 0.371 e. The maximum atomic E-state index is 13.7. The molecule has 166 valence electrons. The molecule has 5 nitrogen and oxygen atoms in total. The molecule has 1 amide bonds. The molecule has 2 aliphatic rings. The van der Waals surface area contributed by atoms with Crippen molar-refractivity contribution in [3.05, 3.63) is 65.1 Å². The van der Waals surface area contributed by atoms with Crippen LogP contribution in [0.2, 0.25) is 5.02 Å². The number of anilines is 2. The molecule has 5 rings (SSSR count). The lowest BCUT2D eigenvalue weighted by Crippen LogP contribution is -2.43. The number of H-pyrrole nitrogens is 1. The highest BCUT2D eigenvalue weighted by atomic mass is 35.5. The van der Waals surface area contributed by atoms with Crippen molar-refractivity contribution in [1.29, 1.82) is 0 Å². The Hall–Kier alpha value is -2.79. The lowest BCUT2D eigenvalue weighted by atomic mass is 9.94. The number of piperidine rings is 1. The van der Waals surface area contributed by atoms with Crippen LogP contribution >= 0.6 is 11.6 Å². The van der Waals surface area contributed by atoms with Gasteiger partial charge in [-0.1, -0.05) is 36.7 Å². The van der Waals surface area contributed by atoms with Gasteiger partial charge in [-0.05, 0) is 49.6 Å². The topological polar surface area (TPSA) is 52.2 Å². The molecule has 1 N–H and O–H groups in total. The second kappa shape index (κ2) is 8.99. The average Bonchev–Trinajstić information content (AvgIpc) is 3.17. The van der Waals surface area contributed by atoms with E-state index in [1.54, 1.807) is 0 Å². The van der Waals surface area contributed by atoms with Gasteiger partial charge in [-0.25, -0.2) is 4.98 Å². The molecule has 2 aromatic carbocycles. The lowest BCUT2D eigenvalue weighted by molar-refractivity contribution is -0.123. The molecule has 0 saturated carbocycles. The number of rotatable bonds is 4. The van der Waals surface area contributed by atoms with Gasteiger partial charge in [-0.15, -0.1) is 0 Å². The van der Waals surface area contributed by atoms with Crippen LogP contribution in [-0.4, -0.2) is 35.5 Å². The van der Waals surface area contributed by atoms with Crippen LogP contribution in [0.1, 0.15) is 37.7 Å². The minimum atomic E-state index is 0.0403. The predicted octanol–water partition coefficient (Wildman–Crippen LogP) is 5.49. The Morgan fingerprint density at radius 3 is 2.66 bits per heavy atom. The molecule has 1 fully saturated rings. The molecule has 2 aliphatic heterocycles. The number of aromatic nitrogens is 2. The number of carbonyl (C=O) groups excluding carboxylic acids is 1. The highest BCUT2D eigenvalue weighted by Crippen LogP contribution is 2.38. The summed E-state index contributed by atoms with van der Waals surface area (Å²) in [5, 5.41) is 0.673. The number of nitrogens with zero attached hydrogens (tertiary/aromatic N) is 3. The SMILES string of the molecule is CCCc1nc2c([nH]1)-c1cc(Cl)ccc1N(C(=O)C1CCN(c3ccccc3)CC1)CC2. The van der Waals surface area contributed by atoms with Crippen molar-refractivity contribution in [3.8, 4) is 11.3 Å². The van der Waals surface area contributed by atoms with Crippen LogP contribution in [0.5, 0.6) is 0 Å². The van der Waals surface area contributed by atoms with Crippen LogP contribution in [0.25, 0.3) is 11.3 Å². The molecule has 0 spiro atoms. The second-order valence-corrected chi connectivity index (χ2v) is 9.19. The predicted molar refractivity (Wildman–Crippen MR) is 130 cm³/mol. The first-order valence-corrected chi connectivity index (χ1v) is 12.0. The summed E-state index contributed by atoms with van der Waals surface area (Å²) in [5.41, 5.74) is 5.21. The van der Waals surface area contributed by atoms with Crippen molar-refractivity contribution < 1.29 is 4.79 Å². The number of benzene rings is 2. The molecule has 1 saturated heterocycles. The monoisotopic (exact) mass is 448 g/mol. The first kappa shape index (κ1) is 21.1. The normalized spacial score (nSPS) is 16.4. The summed E-state index contributed by atoms with van der Waals surface area (Å²) >= 11 is 6.37. The van der Waals surface area contributed by atoms with E-state index in [1.807, 2.05) is 29.2 Å². The summed E-state index contributed by atoms with van der Waals surface area (Å²) < 4.78 is 0. The molecule has 0 atom stereocenters. The van der Waals surface area contributed by atoms with Gasteiger partial charge in [0, 0.05) is 54.7 Å². The zero-order valence-electron chi connectivity index (χ0n) is 18.5. The molecule has 0 radical (unpaired) electrons. The maximum absolute atomic E-state index is 13.7. The van der Waals surface area contributed by atoms with Crippen molar-refractivity contribution in [2.45, 2.75) is 39.0 Å². The Balaban J connectivity index is 1.38. The van der Waals surface area contributed by atoms with Gasteiger partial charge < -0.3 is 14.8 Å². The molecular formula is C26H29ClN4O. The van der Waals surface area contributed by atoms with E-state index in [4.69, 9.17) is 16.6 Å². The standard InChI is InChI=1S/C26H29ClN4O/c1-2-6-24-28-22-13-16-31(23-10-9-19(27)17-21(23)25(22)29-24)26(32)18-11-14-30(15-12-18)20-7-4-3-5-8-20/h3-5,7-10,17-18H,2,6,11-16H2,1H3,(H,28,29). The number of para-hydroxylation sites is 1. The number of imidazole rings is 1. The van der Waals surface area contributed by atoms with Crippen molar-refractivity contribution in [2.75, 3.05) is 29.4 Å². The van der Waals surface area contributed by atoms with Crippen LogP contribution in [0.15, 0.2) is 48.5 Å². The number of aromatic amines is 1. The van der Waals surface area contributed by atoms with Gasteiger partial charge in [0.25, 0.3) is 0 Å². The van der Waals surface area contributed by atoms with Crippen molar-refractivity contribution in [1.82, 2.24) is 9.97 Å². The van der Waals surface area contributed by atoms with Crippen molar-refractivity contribution in [3.63, 3.8) is 0 Å². The van der Waals surface area contributed by atoms with Gasteiger partial charge in [-0.2, -0.15) is 0 Å². The number of halogens is 1. The average molecular weight is 449 g/mol. The van der Waals surface area contributed by atoms with Crippen LogP contribution < -0.4 is 9.80 Å². The molecule has 6 heteroatoms. The minimum Gasteiger partial charge on any atom is -0.371 e. The first-order valence-electron chi connectivity index (χ1n) is 11.6. The van der Waals surface area contributed by atoms with Crippen LogP contribution in [0, 0.1) is 5.92 Å². The second-order valence-electron chi connectivity index (χ2n) is 8.75. The molecule has 0 aliphatic carbocycles. The summed E-state index contributed by atoms with van der Waals surface area (Å²) in [6.45, 7) is 4.61. The molecule has 0 unspecified atom stereocenters. The molecular weight excluding hydrogens is 420 g/mol. The lowest BCUT2D eigenvalue weighted by Gasteiger charge is -2.35. The Labute approximate surface area is 194 Å². The number of amides is 1. The van der Waals surface area contributed by atoms with Crippen LogP contribution in [-0.2, 0) is 17.6 Å². The number of hydrogen-bond donors (Lipinski definition) is 1. The Morgan fingerprint density at radius 2 is 1.91 bits per heavy atom. The minimum absolute atomic E-state index is 0.0403. The Kier molecular flexibility index (Phi) is 5.92. The summed E-state index contributed by atoms with van der Waals surface area (Å²) in [6, 6.07) is 16.3. The van der Waals surface area contributed by atoms with Gasteiger partial charge in [0.05, 0.1) is 17.1 Å². The fourth-order valence-electron chi connectivity index (χ4n) is 4.98. The molecule has 32 heavy (non-hydrogen) atoms. The van der Waals surface area contributed by atoms with Crippen LogP contribution in [0.4, 0.5) is 11.4 Å². The van der Waals surface area contributed by atoms with Crippen molar-refractivity contribution >= 4 is 28.9 Å². The van der Waals surface area contributed by atoms with E-state index in [2.05, 4.69) is 41.1 Å². The van der Waals surface area contributed by atoms with Gasteiger partial charge in [-0.3, -0.25) is 4.79 Å². The third-order valence-electron chi connectivity index (χ3n) is 6.64. The summed E-state index contributed by atoms with van der Waals surface area (Å²) in [6.07, 6.45) is 4.46. The van der Waals surface area contributed by atoms with E-state index in [1.165, 1.54) is 5.69 Å². The van der Waals surface area contributed by atoms with E-state index < -0.39 is 0 Å². The summed E-state index contributed by atoms with van der Waals surface area (Å²) in [7, 11) is 0. The fraction of sp³-hybridized carbons (Fsp3) is 0.385. The number of carbonyl (C=O) groups is 1. The van der Waals surface area contributed by atoms with E-state index in [-0.39, 0.29) is 11.8 Å². The number of nitrogens with one attached hydrogen (secondary N) is 1. The van der Waals surface area contributed by atoms with E-state index in [0.29, 0.717) is 11.6 Å². The van der Waals surface area contributed by atoms with Gasteiger partial charge in [0.15, 0.2) is 0 Å². The third kappa shape index (κ3) is 4.02.